The van der Waals surface area contributed by atoms with Gasteiger partial charge in [0.05, 0.1) is 6.10 Å². The first kappa shape index (κ1) is 14.0. The number of rotatable bonds is 5. The molecule has 0 aliphatic carbocycles. The van der Waals surface area contributed by atoms with Crippen LogP contribution in [-0.2, 0) is 4.74 Å². The van der Waals surface area contributed by atoms with Crippen LogP contribution in [0, 0.1) is 5.82 Å². The highest BCUT2D eigenvalue weighted by atomic mass is 79.9. The summed E-state index contributed by atoms with van der Waals surface area (Å²) in [5.41, 5.74) is 6.64. The Kier molecular flexibility index (Phi) is 5.15. The topological polar surface area (TPSA) is 35.2 Å². The van der Waals surface area contributed by atoms with E-state index in [0.29, 0.717) is 11.7 Å². The van der Waals surface area contributed by atoms with Crippen LogP contribution >= 0.6 is 15.9 Å². The van der Waals surface area contributed by atoms with Crippen molar-refractivity contribution < 1.29 is 9.13 Å². The average Bonchev–Trinajstić information content (AvgIpc) is 2.81. The number of benzene rings is 1. The predicted octanol–water partition coefficient (Wildman–Crippen LogP) is 3.94. The highest BCUT2D eigenvalue weighted by Gasteiger charge is 2.16. The standard InChI is InChI=1S/C14H19BrFNO/c15-10-6-7-12(13(16)9-10)14(17)5-1-3-11-4-2-8-18-11/h6-7,9,11,14H,1-5,8,17H2. The van der Waals surface area contributed by atoms with E-state index in [1.807, 2.05) is 6.07 Å². The zero-order valence-electron chi connectivity index (χ0n) is 10.4. The minimum atomic E-state index is -0.228. The Morgan fingerprint density at radius 1 is 1.50 bits per heavy atom. The van der Waals surface area contributed by atoms with Crippen LogP contribution in [0.4, 0.5) is 4.39 Å². The Hall–Kier alpha value is -0.450. The maximum atomic E-state index is 13.7. The summed E-state index contributed by atoms with van der Waals surface area (Å²) in [6, 6.07) is 4.84. The van der Waals surface area contributed by atoms with Crippen LogP contribution in [0.25, 0.3) is 0 Å². The summed E-state index contributed by atoms with van der Waals surface area (Å²) in [7, 11) is 0. The van der Waals surface area contributed by atoms with Gasteiger partial charge in [0, 0.05) is 22.7 Å². The minimum Gasteiger partial charge on any atom is -0.378 e. The highest BCUT2D eigenvalue weighted by molar-refractivity contribution is 9.10. The molecule has 2 N–H and O–H groups in total. The van der Waals surface area contributed by atoms with Crippen molar-refractivity contribution in [2.24, 2.45) is 5.73 Å². The van der Waals surface area contributed by atoms with E-state index in [9.17, 15) is 4.39 Å². The summed E-state index contributed by atoms with van der Waals surface area (Å²) in [6.07, 6.45) is 5.54. The molecule has 1 aromatic rings. The average molecular weight is 316 g/mol. The van der Waals surface area contributed by atoms with Crippen LogP contribution in [0.15, 0.2) is 22.7 Å². The van der Waals surface area contributed by atoms with Gasteiger partial charge >= 0.3 is 0 Å². The van der Waals surface area contributed by atoms with Crippen LogP contribution in [-0.4, -0.2) is 12.7 Å². The molecular weight excluding hydrogens is 297 g/mol. The lowest BCUT2D eigenvalue weighted by molar-refractivity contribution is 0.101. The van der Waals surface area contributed by atoms with Gasteiger partial charge in [-0.1, -0.05) is 22.0 Å². The van der Waals surface area contributed by atoms with Gasteiger partial charge in [-0.2, -0.15) is 0 Å². The summed E-state index contributed by atoms with van der Waals surface area (Å²) in [6.45, 7) is 0.887. The van der Waals surface area contributed by atoms with Crippen molar-refractivity contribution >= 4 is 15.9 Å². The van der Waals surface area contributed by atoms with Gasteiger partial charge in [-0.05, 0) is 44.2 Å². The van der Waals surface area contributed by atoms with Gasteiger partial charge in [0.2, 0.25) is 0 Å². The molecule has 2 nitrogen and oxygen atoms in total. The Morgan fingerprint density at radius 3 is 3.00 bits per heavy atom. The lowest BCUT2D eigenvalue weighted by atomic mass is 9.99. The van der Waals surface area contributed by atoms with E-state index in [1.54, 1.807) is 6.07 Å². The van der Waals surface area contributed by atoms with E-state index in [0.717, 1.165) is 43.2 Å². The number of hydrogen-bond acceptors (Lipinski definition) is 2. The monoisotopic (exact) mass is 315 g/mol. The zero-order valence-corrected chi connectivity index (χ0v) is 12.0. The fraction of sp³-hybridized carbons (Fsp3) is 0.571. The molecule has 2 rings (SSSR count). The fourth-order valence-corrected chi connectivity index (χ4v) is 2.73. The van der Waals surface area contributed by atoms with Crippen molar-refractivity contribution in [2.75, 3.05) is 6.61 Å². The molecule has 1 saturated heterocycles. The SMILES string of the molecule is NC(CCCC1CCCO1)c1ccc(Br)cc1F. The Balaban J connectivity index is 1.81. The molecule has 1 aromatic carbocycles. The second-order valence-corrected chi connectivity index (χ2v) is 5.75. The van der Waals surface area contributed by atoms with E-state index >= 15 is 0 Å². The van der Waals surface area contributed by atoms with E-state index in [-0.39, 0.29) is 11.9 Å². The van der Waals surface area contributed by atoms with Crippen LogP contribution in [0.1, 0.15) is 43.7 Å². The molecule has 0 radical (unpaired) electrons. The molecule has 0 bridgehead atoms. The second kappa shape index (κ2) is 6.64. The summed E-state index contributed by atoms with van der Waals surface area (Å²) < 4.78 is 20.0. The summed E-state index contributed by atoms with van der Waals surface area (Å²) >= 11 is 3.25. The molecule has 0 saturated carbocycles. The molecule has 0 amide bonds. The molecule has 1 fully saturated rings. The van der Waals surface area contributed by atoms with Gasteiger partial charge in [0.1, 0.15) is 5.82 Å². The first-order chi connectivity index (χ1) is 8.66. The van der Waals surface area contributed by atoms with Gasteiger partial charge < -0.3 is 10.5 Å². The van der Waals surface area contributed by atoms with Gasteiger partial charge in [-0.15, -0.1) is 0 Å². The second-order valence-electron chi connectivity index (χ2n) is 4.84. The molecular formula is C14H19BrFNO. The van der Waals surface area contributed by atoms with Crippen molar-refractivity contribution in [2.45, 2.75) is 44.2 Å². The van der Waals surface area contributed by atoms with E-state index in [2.05, 4.69) is 15.9 Å². The van der Waals surface area contributed by atoms with Crippen molar-refractivity contribution in [1.29, 1.82) is 0 Å². The van der Waals surface area contributed by atoms with Crippen LogP contribution in [0.5, 0.6) is 0 Å². The third-order valence-corrected chi connectivity index (χ3v) is 3.92. The van der Waals surface area contributed by atoms with Crippen molar-refractivity contribution in [3.63, 3.8) is 0 Å². The first-order valence-corrected chi connectivity index (χ1v) is 7.28. The van der Waals surface area contributed by atoms with E-state index < -0.39 is 0 Å². The van der Waals surface area contributed by atoms with Crippen molar-refractivity contribution in [3.05, 3.63) is 34.1 Å². The number of nitrogens with two attached hydrogens (primary N) is 1. The van der Waals surface area contributed by atoms with Gasteiger partial charge in [-0.25, -0.2) is 4.39 Å². The molecule has 100 valence electrons. The lowest BCUT2D eigenvalue weighted by Crippen LogP contribution is -2.13. The summed E-state index contributed by atoms with van der Waals surface area (Å²) in [5, 5.41) is 0. The molecule has 2 unspecified atom stereocenters. The largest absolute Gasteiger partial charge is 0.378 e. The molecule has 0 spiro atoms. The third kappa shape index (κ3) is 3.77. The minimum absolute atomic E-state index is 0.223. The summed E-state index contributed by atoms with van der Waals surface area (Å²) in [4.78, 5) is 0. The predicted molar refractivity (Wildman–Crippen MR) is 73.9 cm³/mol. The molecule has 0 aromatic heterocycles. The van der Waals surface area contributed by atoms with Gasteiger partial charge in [-0.3, -0.25) is 0 Å². The molecule has 1 aliphatic heterocycles. The van der Waals surface area contributed by atoms with Crippen LogP contribution in [0.2, 0.25) is 0 Å². The van der Waals surface area contributed by atoms with E-state index in [4.69, 9.17) is 10.5 Å². The number of hydrogen-bond donors (Lipinski definition) is 1. The summed E-state index contributed by atoms with van der Waals surface area (Å²) in [5.74, 6) is -0.228. The van der Waals surface area contributed by atoms with Crippen molar-refractivity contribution in [1.82, 2.24) is 0 Å². The molecule has 2 atom stereocenters. The normalized spacial score (nSPS) is 21.2. The highest BCUT2D eigenvalue weighted by Crippen LogP contribution is 2.25. The molecule has 1 heterocycles. The molecule has 18 heavy (non-hydrogen) atoms. The van der Waals surface area contributed by atoms with Crippen LogP contribution < -0.4 is 5.73 Å². The zero-order chi connectivity index (χ0) is 13.0. The van der Waals surface area contributed by atoms with Gasteiger partial charge in [0.25, 0.3) is 0 Å². The smallest absolute Gasteiger partial charge is 0.129 e. The number of halogens is 2. The Morgan fingerprint density at radius 2 is 2.33 bits per heavy atom. The fourth-order valence-electron chi connectivity index (χ4n) is 2.40. The van der Waals surface area contributed by atoms with E-state index in [1.165, 1.54) is 6.07 Å². The first-order valence-electron chi connectivity index (χ1n) is 6.49. The maximum Gasteiger partial charge on any atom is 0.129 e. The molecule has 1 aliphatic rings. The van der Waals surface area contributed by atoms with Crippen LogP contribution in [0.3, 0.4) is 0 Å². The molecule has 4 heteroatoms. The number of ether oxygens (including phenoxy) is 1. The third-order valence-electron chi connectivity index (χ3n) is 3.43. The Bertz CT molecular complexity index is 393. The quantitative estimate of drug-likeness (QED) is 0.893. The maximum absolute atomic E-state index is 13.7. The lowest BCUT2D eigenvalue weighted by Gasteiger charge is -2.14. The Labute approximate surface area is 116 Å². The van der Waals surface area contributed by atoms with Crippen molar-refractivity contribution in [3.8, 4) is 0 Å². The van der Waals surface area contributed by atoms with Gasteiger partial charge in [0.15, 0.2) is 0 Å².